The number of thioether (sulfide) groups is 1. The average molecular weight is 329 g/mol. The molecule has 112 valence electrons. The molecular formula is C14H14ClFN2O2S. The van der Waals surface area contributed by atoms with Crippen molar-refractivity contribution in [1.82, 2.24) is 4.90 Å². The number of hydrogen-bond donors (Lipinski definition) is 1. The van der Waals surface area contributed by atoms with Crippen LogP contribution >= 0.6 is 23.4 Å². The zero-order valence-corrected chi connectivity index (χ0v) is 12.9. The van der Waals surface area contributed by atoms with Gasteiger partial charge in [-0.3, -0.25) is 9.59 Å². The molecule has 1 N–H and O–H groups in total. The van der Waals surface area contributed by atoms with Crippen LogP contribution in [0.25, 0.3) is 0 Å². The third-order valence-corrected chi connectivity index (χ3v) is 5.68. The minimum Gasteiger partial charge on any atom is -0.322 e. The minimum atomic E-state index is -0.586. The van der Waals surface area contributed by atoms with E-state index in [4.69, 9.17) is 11.6 Å². The number of halogens is 2. The molecule has 1 aromatic carbocycles. The Balaban J connectivity index is 1.78. The average Bonchev–Trinajstić information content (AvgIpc) is 2.90. The van der Waals surface area contributed by atoms with Crippen LogP contribution in [0.15, 0.2) is 18.2 Å². The standard InChI is InChI=1S/C14H14ClFN2O2S/c1-14-5-4-12(19)18(14)11(7-21-14)13(20)17-10-3-2-8(15)6-9(10)16/h2-3,6,11H,4-5,7H2,1H3,(H,17,20)/t11-,14-/m0/s1. The molecule has 3 rings (SSSR count). The normalized spacial score (nSPS) is 27.9. The van der Waals surface area contributed by atoms with Crippen molar-refractivity contribution in [3.63, 3.8) is 0 Å². The van der Waals surface area contributed by atoms with Crippen molar-refractivity contribution < 1.29 is 14.0 Å². The minimum absolute atomic E-state index is 0.0146. The lowest BCUT2D eigenvalue weighted by Gasteiger charge is -2.29. The van der Waals surface area contributed by atoms with Gasteiger partial charge in [0.25, 0.3) is 0 Å². The highest BCUT2D eigenvalue weighted by Gasteiger charge is 2.52. The molecule has 2 amide bonds. The van der Waals surface area contributed by atoms with E-state index >= 15 is 0 Å². The van der Waals surface area contributed by atoms with Gasteiger partial charge < -0.3 is 10.2 Å². The third kappa shape index (κ3) is 2.51. The quantitative estimate of drug-likeness (QED) is 0.908. The maximum Gasteiger partial charge on any atom is 0.248 e. The highest BCUT2D eigenvalue weighted by Crippen LogP contribution is 2.47. The SMILES string of the molecule is C[C@]12CCC(=O)N1[C@H](C(=O)Nc1ccc(Cl)cc1F)CS2. The number of anilines is 1. The van der Waals surface area contributed by atoms with Crippen molar-refractivity contribution in [3.05, 3.63) is 29.0 Å². The molecule has 1 aromatic rings. The maximum atomic E-state index is 13.7. The third-order valence-electron chi connectivity index (χ3n) is 3.94. The van der Waals surface area contributed by atoms with Crippen LogP contribution in [-0.2, 0) is 9.59 Å². The summed E-state index contributed by atoms with van der Waals surface area (Å²) in [5.41, 5.74) is 0.0784. The Labute approximate surface area is 131 Å². The summed E-state index contributed by atoms with van der Waals surface area (Å²) in [5, 5.41) is 2.82. The number of fused-ring (bicyclic) bond motifs is 1. The maximum absolute atomic E-state index is 13.7. The fraction of sp³-hybridized carbons (Fsp3) is 0.429. The smallest absolute Gasteiger partial charge is 0.248 e. The number of nitrogens with zero attached hydrogens (tertiary/aromatic N) is 1. The predicted molar refractivity (Wildman–Crippen MR) is 80.8 cm³/mol. The summed E-state index contributed by atoms with van der Waals surface area (Å²) in [5.74, 6) is -0.428. The molecule has 0 aromatic heterocycles. The molecule has 0 saturated carbocycles. The molecule has 2 fully saturated rings. The van der Waals surface area contributed by atoms with E-state index < -0.39 is 11.9 Å². The van der Waals surface area contributed by atoms with Crippen LogP contribution in [0.5, 0.6) is 0 Å². The van der Waals surface area contributed by atoms with E-state index in [-0.39, 0.29) is 27.4 Å². The lowest BCUT2D eigenvalue weighted by molar-refractivity contribution is -0.135. The number of hydrogen-bond acceptors (Lipinski definition) is 3. The summed E-state index contributed by atoms with van der Waals surface area (Å²) in [6.45, 7) is 1.97. The first-order chi connectivity index (χ1) is 9.90. The molecule has 0 radical (unpaired) electrons. The number of benzene rings is 1. The van der Waals surface area contributed by atoms with Crippen LogP contribution in [0.1, 0.15) is 19.8 Å². The topological polar surface area (TPSA) is 49.4 Å². The molecule has 4 nitrogen and oxygen atoms in total. The van der Waals surface area contributed by atoms with Gasteiger partial charge in [-0.25, -0.2) is 4.39 Å². The second-order valence-electron chi connectivity index (χ2n) is 5.38. The van der Waals surface area contributed by atoms with Crippen LogP contribution < -0.4 is 5.32 Å². The van der Waals surface area contributed by atoms with Crippen molar-refractivity contribution >= 4 is 40.9 Å². The molecule has 0 aliphatic carbocycles. The lowest BCUT2D eigenvalue weighted by Crippen LogP contribution is -2.48. The monoisotopic (exact) mass is 328 g/mol. The van der Waals surface area contributed by atoms with Crippen LogP contribution in [-0.4, -0.2) is 33.4 Å². The van der Waals surface area contributed by atoms with E-state index in [1.165, 1.54) is 12.1 Å². The predicted octanol–water partition coefficient (Wildman–Crippen LogP) is 2.87. The fourth-order valence-corrected chi connectivity index (χ4v) is 4.41. The highest BCUT2D eigenvalue weighted by atomic mass is 35.5. The van der Waals surface area contributed by atoms with Gasteiger partial charge in [-0.1, -0.05) is 11.6 Å². The van der Waals surface area contributed by atoms with E-state index in [9.17, 15) is 14.0 Å². The molecule has 2 aliphatic rings. The van der Waals surface area contributed by atoms with Crippen molar-refractivity contribution in [2.75, 3.05) is 11.1 Å². The van der Waals surface area contributed by atoms with Crippen molar-refractivity contribution in [2.24, 2.45) is 0 Å². The van der Waals surface area contributed by atoms with Gasteiger partial charge in [-0.2, -0.15) is 0 Å². The number of amides is 2. The molecule has 2 aliphatic heterocycles. The van der Waals surface area contributed by atoms with Gasteiger partial charge >= 0.3 is 0 Å². The Morgan fingerprint density at radius 1 is 1.57 bits per heavy atom. The Bertz CT molecular complexity index is 627. The van der Waals surface area contributed by atoms with E-state index in [0.717, 1.165) is 12.5 Å². The van der Waals surface area contributed by atoms with E-state index in [1.54, 1.807) is 16.7 Å². The van der Waals surface area contributed by atoms with Crippen molar-refractivity contribution in [1.29, 1.82) is 0 Å². The second kappa shape index (κ2) is 5.18. The summed E-state index contributed by atoms with van der Waals surface area (Å²) in [4.78, 5) is 25.7. The summed E-state index contributed by atoms with van der Waals surface area (Å²) in [7, 11) is 0. The van der Waals surface area contributed by atoms with Gasteiger partial charge in [0.15, 0.2) is 0 Å². The zero-order valence-electron chi connectivity index (χ0n) is 11.4. The van der Waals surface area contributed by atoms with E-state index in [2.05, 4.69) is 5.32 Å². The summed E-state index contributed by atoms with van der Waals surface area (Å²) in [6, 6.07) is 3.52. The van der Waals surface area contributed by atoms with Crippen molar-refractivity contribution in [2.45, 2.75) is 30.7 Å². The molecule has 21 heavy (non-hydrogen) atoms. The van der Waals surface area contributed by atoms with E-state index in [0.29, 0.717) is 12.2 Å². The largest absolute Gasteiger partial charge is 0.322 e. The van der Waals surface area contributed by atoms with Gasteiger partial charge in [0.2, 0.25) is 11.8 Å². The molecular weight excluding hydrogens is 315 g/mol. The molecule has 0 spiro atoms. The fourth-order valence-electron chi connectivity index (χ4n) is 2.82. The molecule has 0 bridgehead atoms. The van der Waals surface area contributed by atoms with Crippen molar-refractivity contribution in [3.8, 4) is 0 Å². The summed E-state index contributed by atoms with van der Waals surface area (Å²) < 4.78 is 13.7. The number of rotatable bonds is 2. The van der Waals surface area contributed by atoms with Crippen LogP contribution in [0, 0.1) is 5.82 Å². The number of carbonyl (C=O) groups is 2. The first-order valence-electron chi connectivity index (χ1n) is 6.63. The molecule has 2 saturated heterocycles. The Morgan fingerprint density at radius 3 is 3.05 bits per heavy atom. The number of carbonyl (C=O) groups excluding carboxylic acids is 2. The summed E-state index contributed by atoms with van der Waals surface area (Å²) in [6.07, 6.45) is 1.21. The van der Waals surface area contributed by atoms with Crippen LogP contribution in [0.3, 0.4) is 0 Å². The van der Waals surface area contributed by atoms with Gasteiger partial charge in [0, 0.05) is 17.2 Å². The Kier molecular flexibility index (Phi) is 3.61. The van der Waals surface area contributed by atoms with Gasteiger partial charge in [-0.15, -0.1) is 11.8 Å². The summed E-state index contributed by atoms with van der Waals surface area (Å²) >= 11 is 7.28. The van der Waals surface area contributed by atoms with Crippen LogP contribution in [0.4, 0.5) is 10.1 Å². The molecule has 7 heteroatoms. The van der Waals surface area contributed by atoms with Gasteiger partial charge in [0.1, 0.15) is 11.9 Å². The zero-order chi connectivity index (χ0) is 15.2. The first kappa shape index (κ1) is 14.7. The van der Waals surface area contributed by atoms with E-state index in [1.807, 2.05) is 6.92 Å². The molecule has 2 heterocycles. The van der Waals surface area contributed by atoms with Gasteiger partial charge in [0.05, 0.1) is 10.6 Å². The van der Waals surface area contributed by atoms with Crippen LogP contribution in [0.2, 0.25) is 5.02 Å². The van der Waals surface area contributed by atoms with Gasteiger partial charge in [-0.05, 0) is 31.5 Å². The molecule has 0 unspecified atom stereocenters. The second-order valence-corrected chi connectivity index (χ2v) is 7.32. The Hall–Kier alpha value is -1.27. The molecule has 2 atom stereocenters. The number of nitrogens with one attached hydrogen (secondary N) is 1. The Morgan fingerprint density at radius 2 is 2.33 bits per heavy atom. The first-order valence-corrected chi connectivity index (χ1v) is 7.99. The lowest BCUT2D eigenvalue weighted by atomic mass is 10.2. The highest BCUT2D eigenvalue weighted by molar-refractivity contribution is 8.01.